The molecule has 2 aromatic carbocycles. The summed E-state index contributed by atoms with van der Waals surface area (Å²) in [5.74, 6) is 0.0561. The van der Waals surface area contributed by atoms with Crippen LogP contribution in [0.4, 0.5) is 17.2 Å². The minimum atomic E-state index is -3.85. The van der Waals surface area contributed by atoms with E-state index in [9.17, 15) is 13.5 Å². The molecule has 4 N–H and O–H groups in total. The zero-order valence-corrected chi connectivity index (χ0v) is 19.0. The highest BCUT2D eigenvalue weighted by Gasteiger charge is 2.25. The molecule has 0 saturated heterocycles. The zero-order valence-electron chi connectivity index (χ0n) is 18.2. The Bertz CT molecular complexity index is 1250. The van der Waals surface area contributed by atoms with Crippen LogP contribution in [0.25, 0.3) is 5.69 Å². The Balaban J connectivity index is 1.69. The highest BCUT2D eigenvalue weighted by molar-refractivity contribution is 7.89. The first-order valence-corrected chi connectivity index (χ1v) is 12.1. The van der Waals surface area contributed by atoms with Gasteiger partial charge in [0.1, 0.15) is 16.3 Å². The van der Waals surface area contributed by atoms with Crippen LogP contribution in [0.2, 0.25) is 0 Å². The topological polar surface area (TPSA) is 144 Å². The lowest BCUT2D eigenvalue weighted by Crippen LogP contribution is -2.36. The van der Waals surface area contributed by atoms with Gasteiger partial charge in [0.05, 0.1) is 12.8 Å². The van der Waals surface area contributed by atoms with E-state index in [2.05, 4.69) is 20.0 Å². The second kappa shape index (κ2) is 9.59. The third kappa shape index (κ3) is 4.99. The first-order valence-electron chi connectivity index (χ1n) is 10.6. The number of rotatable bonds is 7. The van der Waals surface area contributed by atoms with E-state index in [-0.39, 0.29) is 34.0 Å². The lowest BCUT2D eigenvalue weighted by Gasteiger charge is -2.22. The Morgan fingerprint density at radius 1 is 1.12 bits per heavy atom. The number of para-hydroxylation sites is 1. The van der Waals surface area contributed by atoms with E-state index in [0.29, 0.717) is 11.4 Å². The van der Waals surface area contributed by atoms with Gasteiger partial charge in [-0.25, -0.2) is 13.1 Å². The van der Waals surface area contributed by atoms with Crippen LogP contribution in [-0.4, -0.2) is 36.5 Å². The van der Waals surface area contributed by atoms with E-state index in [1.54, 1.807) is 30.3 Å². The molecule has 3 aromatic rings. The Morgan fingerprint density at radius 3 is 2.55 bits per heavy atom. The van der Waals surface area contributed by atoms with Gasteiger partial charge in [0.25, 0.3) is 0 Å². The van der Waals surface area contributed by atoms with Crippen molar-refractivity contribution in [2.75, 3.05) is 12.8 Å². The number of methoxy groups -OCH3 is 1. The van der Waals surface area contributed by atoms with Gasteiger partial charge in [-0.15, -0.1) is 15.3 Å². The molecule has 0 aliphatic heterocycles. The van der Waals surface area contributed by atoms with Crippen molar-refractivity contribution >= 4 is 27.2 Å². The number of anilines is 1. The van der Waals surface area contributed by atoms with Crippen LogP contribution in [0.1, 0.15) is 32.1 Å². The average molecular weight is 471 g/mol. The van der Waals surface area contributed by atoms with Crippen LogP contribution in [0.3, 0.4) is 0 Å². The average Bonchev–Trinajstić information content (AvgIpc) is 3.11. The number of sulfonamides is 1. The van der Waals surface area contributed by atoms with Gasteiger partial charge in [-0.1, -0.05) is 37.5 Å². The Hall–Kier alpha value is -3.44. The van der Waals surface area contributed by atoms with Gasteiger partial charge in [0.2, 0.25) is 15.9 Å². The maximum atomic E-state index is 13.1. The van der Waals surface area contributed by atoms with Gasteiger partial charge in [-0.05, 0) is 37.1 Å². The minimum absolute atomic E-state index is 0.0360. The predicted octanol–water partition coefficient (Wildman–Crippen LogP) is 4.20. The largest absolute Gasteiger partial charge is 0.497 e. The van der Waals surface area contributed by atoms with Crippen LogP contribution < -0.4 is 15.2 Å². The van der Waals surface area contributed by atoms with E-state index in [0.717, 1.165) is 32.1 Å². The van der Waals surface area contributed by atoms with E-state index < -0.39 is 10.0 Å². The van der Waals surface area contributed by atoms with Crippen molar-refractivity contribution in [1.82, 2.24) is 14.5 Å². The quantitative estimate of drug-likeness (QED) is 0.442. The van der Waals surface area contributed by atoms with E-state index in [4.69, 9.17) is 10.5 Å². The van der Waals surface area contributed by atoms with Crippen molar-refractivity contribution < 1.29 is 18.3 Å². The molecule has 10 nitrogen and oxygen atoms in total. The highest BCUT2D eigenvalue weighted by atomic mass is 32.2. The lowest BCUT2D eigenvalue weighted by atomic mass is 9.96. The van der Waals surface area contributed by atoms with Gasteiger partial charge in [-0.2, -0.15) is 4.68 Å². The van der Waals surface area contributed by atoms with Crippen LogP contribution in [0, 0.1) is 0 Å². The van der Waals surface area contributed by atoms with Gasteiger partial charge in [-0.3, -0.25) is 0 Å². The molecule has 1 saturated carbocycles. The fourth-order valence-electron chi connectivity index (χ4n) is 3.80. The fraction of sp³-hybridized carbons (Fsp3) is 0.318. The molecule has 4 rings (SSSR count). The number of ether oxygens (including phenoxy) is 1. The molecular weight excluding hydrogens is 444 g/mol. The van der Waals surface area contributed by atoms with Gasteiger partial charge < -0.3 is 15.6 Å². The maximum absolute atomic E-state index is 13.1. The SMILES string of the molecule is COc1ccc(S(=O)(=O)NC2CCCCC2)c(/N=N/c2c(N)nn(-c3ccccc3)c2O)c1. The van der Waals surface area contributed by atoms with Crippen LogP contribution in [0.15, 0.2) is 63.7 Å². The number of azo groups is 1. The molecule has 11 heteroatoms. The molecule has 1 aliphatic rings. The van der Waals surface area contributed by atoms with Crippen molar-refractivity contribution in [2.45, 2.75) is 43.0 Å². The molecular formula is C22H26N6O4S. The summed E-state index contributed by atoms with van der Waals surface area (Å²) in [6.07, 6.45) is 4.70. The fourth-order valence-corrected chi connectivity index (χ4v) is 5.22. The van der Waals surface area contributed by atoms with Crippen molar-refractivity contribution in [1.29, 1.82) is 0 Å². The summed E-state index contributed by atoms with van der Waals surface area (Å²) >= 11 is 0. The van der Waals surface area contributed by atoms with Gasteiger partial charge in [0.15, 0.2) is 11.5 Å². The second-order valence-corrected chi connectivity index (χ2v) is 9.48. The third-order valence-electron chi connectivity index (χ3n) is 5.50. The summed E-state index contributed by atoms with van der Waals surface area (Å²) in [5, 5.41) is 22.9. The van der Waals surface area contributed by atoms with E-state index >= 15 is 0 Å². The third-order valence-corrected chi connectivity index (χ3v) is 7.07. The summed E-state index contributed by atoms with van der Waals surface area (Å²) in [7, 11) is -2.38. The molecule has 1 aliphatic carbocycles. The molecule has 0 spiro atoms. The van der Waals surface area contributed by atoms with Gasteiger partial charge >= 0.3 is 0 Å². The van der Waals surface area contributed by atoms with Crippen molar-refractivity contribution in [3.63, 3.8) is 0 Å². The number of hydrogen-bond acceptors (Lipinski definition) is 8. The van der Waals surface area contributed by atoms with Crippen molar-refractivity contribution in [3.05, 3.63) is 48.5 Å². The number of aromatic hydroxyl groups is 1. The standard InChI is InChI=1S/C22H26N6O4S/c1-32-17-12-13-19(33(30,31)27-15-8-4-2-5-9-15)18(14-17)24-25-20-21(23)26-28(22(20)29)16-10-6-3-7-11-16/h3,6-7,10-15,27,29H,2,4-5,8-9H2,1H3,(H2,23,26)/b25-24+. The molecule has 0 atom stereocenters. The van der Waals surface area contributed by atoms with Crippen molar-refractivity contribution in [3.8, 4) is 17.3 Å². The Morgan fingerprint density at radius 2 is 1.85 bits per heavy atom. The summed E-state index contributed by atoms with van der Waals surface area (Å²) in [5.41, 5.74) is 6.53. The van der Waals surface area contributed by atoms with Crippen LogP contribution >= 0.6 is 0 Å². The number of nitrogens with zero attached hydrogens (tertiary/aromatic N) is 4. The Kier molecular flexibility index (Phi) is 6.61. The van der Waals surface area contributed by atoms with E-state index in [1.165, 1.54) is 23.9 Å². The summed E-state index contributed by atoms with van der Waals surface area (Å²) < 4.78 is 35.5. The predicted molar refractivity (Wildman–Crippen MR) is 124 cm³/mol. The molecule has 0 bridgehead atoms. The first-order chi connectivity index (χ1) is 15.9. The number of nitrogen functional groups attached to an aromatic ring is 1. The van der Waals surface area contributed by atoms with Gasteiger partial charge in [0, 0.05) is 12.1 Å². The molecule has 33 heavy (non-hydrogen) atoms. The highest BCUT2D eigenvalue weighted by Crippen LogP contribution is 2.37. The molecule has 1 heterocycles. The first kappa shape index (κ1) is 22.7. The Labute approximate surface area is 192 Å². The van der Waals surface area contributed by atoms with Crippen LogP contribution in [-0.2, 0) is 10.0 Å². The molecule has 1 fully saturated rings. The summed E-state index contributed by atoms with van der Waals surface area (Å²) in [6.45, 7) is 0. The number of aromatic nitrogens is 2. The summed E-state index contributed by atoms with van der Waals surface area (Å²) in [6, 6.07) is 13.2. The van der Waals surface area contributed by atoms with Crippen molar-refractivity contribution in [2.24, 2.45) is 10.2 Å². The smallest absolute Gasteiger partial charge is 0.245 e. The monoisotopic (exact) mass is 470 g/mol. The minimum Gasteiger partial charge on any atom is -0.497 e. The summed E-state index contributed by atoms with van der Waals surface area (Å²) in [4.78, 5) is -0.0360. The molecule has 0 amide bonds. The van der Waals surface area contributed by atoms with Crippen LogP contribution in [0.5, 0.6) is 11.6 Å². The molecule has 174 valence electrons. The number of nitrogens with one attached hydrogen (secondary N) is 1. The number of nitrogens with two attached hydrogens (primary N) is 1. The normalized spacial score (nSPS) is 15.2. The molecule has 0 unspecified atom stereocenters. The molecule has 1 aromatic heterocycles. The zero-order chi connectivity index (χ0) is 23.4. The van der Waals surface area contributed by atoms with E-state index in [1.807, 2.05) is 6.07 Å². The molecule has 0 radical (unpaired) electrons. The second-order valence-electron chi connectivity index (χ2n) is 7.79. The number of benzene rings is 2. The number of hydrogen-bond donors (Lipinski definition) is 3. The lowest BCUT2D eigenvalue weighted by molar-refractivity contribution is 0.411. The maximum Gasteiger partial charge on any atom is 0.245 e.